The van der Waals surface area contributed by atoms with Crippen molar-refractivity contribution in [3.05, 3.63) is 0 Å². The molecule has 0 aromatic heterocycles. The van der Waals surface area contributed by atoms with Gasteiger partial charge >= 0.3 is 52.4 Å². The Kier molecular flexibility index (Phi) is 2.98. The van der Waals surface area contributed by atoms with E-state index in [0.29, 0.717) is 5.32 Å². The van der Waals surface area contributed by atoms with Gasteiger partial charge < -0.3 is 0 Å². The van der Waals surface area contributed by atoms with Crippen molar-refractivity contribution in [2.75, 3.05) is 0 Å². The molecular formula is C3H9FeO3S. The van der Waals surface area contributed by atoms with Gasteiger partial charge in [-0.15, -0.1) is 0 Å². The Morgan fingerprint density at radius 2 is 2.00 bits per heavy atom. The van der Waals surface area contributed by atoms with Crippen LogP contribution >= 0.6 is 0 Å². The van der Waals surface area contributed by atoms with Crippen molar-refractivity contribution >= 4 is 8.54 Å². The number of hydrogen-bond acceptors (Lipinski definition) is 2. The first-order valence-corrected chi connectivity index (χ1v) is 6.53. The van der Waals surface area contributed by atoms with Gasteiger partial charge in [0.25, 0.3) is 0 Å². The van der Waals surface area contributed by atoms with Crippen LogP contribution in [0.4, 0.5) is 0 Å². The van der Waals surface area contributed by atoms with Crippen LogP contribution in [0.3, 0.4) is 0 Å². The topological polar surface area (TPSA) is 54.4 Å². The standard InChI is InChI=1S/C2H5.CH3.Fe.HO3S/c1-2;;;1-4(2)3/h1H2,2H3;1H3;;(H,1,2,3). The Morgan fingerprint density at radius 3 is 2.00 bits per heavy atom. The van der Waals surface area contributed by atoms with E-state index in [1.54, 1.807) is 12.7 Å². The van der Waals surface area contributed by atoms with E-state index in [0.717, 1.165) is 0 Å². The van der Waals surface area contributed by atoms with E-state index in [-0.39, 0.29) is 0 Å². The minimum absolute atomic E-state index is 0.541. The molecule has 0 aliphatic carbocycles. The molecule has 0 fully saturated rings. The maximum absolute atomic E-state index is 10.2. The quantitative estimate of drug-likeness (QED) is 0.508. The van der Waals surface area contributed by atoms with Gasteiger partial charge in [0.1, 0.15) is 0 Å². The number of rotatable bonds is 2. The number of hydrogen-bond donors (Lipinski definition) is 1. The molecular weight excluding hydrogens is 172 g/mol. The van der Waals surface area contributed by atoms with Crippen molar-refractivity contribution in [1.29, 1.82) is 0 Å². The average Bonchev–Trinajstić information content (AvgIpc) is 1.62. The van der Waals surface area contributed by atoms with Crippen LogP contribution in [0.1, 0.15) is 6.92 Å². The molecule has 0 rings (SSSR count). The monoisotopic (exact) mass is 181 g/mol. The van der Waals surface area contributed by atoms with Gasteiger partial charge in [0.15, 0.2) is 0 Å². The fourth-order valence-corrected chi connectivity index (χ4v) is 1.60. The van der Waals surface area contributed by atoms with Gasteiger partial charge in [-0.25, -0.2) is 0 Å². The first kappa shape index (κ1) is 8.43. The summed E-state index contributed by atoms with van der Waals surface area (Å²) in [5.74, 6) is 1.55. The van der Waals surface area contributed by atoms with Crippen molar-refractivity contribution in [2.45, 2.75) is 18.1 Å². The summed E-state index contributed by atoms with van der Waals surface area (Å²) in [5, 5.41) is 0.541. The molecule has 0 saturated heterocycles. The molecule has 5 heteroatoms. The van der Waals surface area contributed by atoms with Crippen molar-refractivity contribution in [1.82, 2.24) is 0 Å². The minimum atomic E-state index is -3.67. The third-order valence-corrected chi connectivity index (χ3v) is 6.14. The summed E-state index contributed by atoms with van der Waals surface area (Å²) < 4.78 is 28.6. The summed E-state index contributed by atoms with van der Waals surface area (Å²) in [5.41, 5.74) is 0. The predicted molar refractivity (Wildman–Crippen MR) is 27.9 cm³/mol. The van der Waals surface area contributed by atoms with Gasteiger partial charge in [-0.3, -0.25) is 0 Å². The zero-order chi connectivity index (χ0) is 6.78. The van der Waals surface area contributed by atoms with Crippen molar-refractivity contribution in [3.8, 4) is 0 Å². The van der Waals surface area contributed by atoms with Crippen LogP contribution in [0, 0.1) is 0 Å². The second-order valence-electron chi connectivity index (χ2n) is 1.15. The molecule has 0 heterocycles. The first-order chi connectivity index (χ1) is 3.48. The van der Waals surface area contributed by atoms with Gasteiger partial charge in [-0.2, -0.15) is 0 Å². The molecule has 0 aromatic rings. The summed E-state index contributed by atoms with van der Waals surface area (Å²) in [6, 6.07) is 0. The van der Waals surface area contributed by atoms with Gasteiger partial charge in [-0.05, 0) is 0 Å². The third-order valence-electron chi connectivity index (χ3n) is 0.663. The molecule has 0 radical (unpaired) electrons. The Bertz CT molecular complexity index is 150. The van der Waals surface area contributed by atoms with Crippen LogP contribution in [0.2, 0.25) is 11.1 Å². The van der Waals surface area contributed by atoms with Crippen LogP contribution in [-0.2, 0) is 21.3 Å². The molecule has 0 aliphatic heterocycles. The zero-order valence-corrected chi connectivity index (χ0v) is 6.65. The molecule has 0 atom stereocenters. The van der Waals surface area contributed by atoms with Gasteiger partial charge in [-0.1, -0.05) is 0 Å². The first-order valence-electron chi connectivity index (χ1n) is 1.97. The van der Waals surface area contributed by atoms with E-state index in [1.165, 1.54) is 0 Å². The molecule has 1 N–H and O–H groups in total. The zero-order valence-electron chi connectivity index (χ0n) is 4.73. The Balaban J connectivity index is 4.04. The van der Waals surface area contributed by atoms with E-state index in [2.05, 4.69) is 0 Å². The molecule has 0 aliphatic rings. The molecule has 3 nitrogen and oxygen atoms in total. The molecule has 0 unspecified atom stereocenters. The van der Waals surface area contributed by atoms with E-state index < -0.39 is 21.3 Å². The Morgan fingerprint density at radius 1 is 1.62 bits per heavy atom. The fraction of sp³-hybridized carbons (Fsp3) is 1.00. The third kappa shape index (κ3) is 2.67. The molecule has 53 valence electrons. The average molecular weight is 181 g/mol. The summed E-state index contributed by atoms with van der Waals surface area (Å²) in [4.78, 5) is 0. The van der Waals surface area contributed by atoms with E-state index >= 15 is 0 Å². The predicted octanol–water partition coefficient (Wildman–Crippen LogP) is 0.894. The van der Waals surface area contributed by atoms with Crippen molar-refractivity contribution in [2.24, 2.45) is 0 Å². The van der Waals surface area contributed by atoms with Crippen LogP contribution in [0.25, 0.3) is 0 Å². The van der Waals surface area contributed by atoms with E-state index in [1.807, 2.05) is 0 Å². The van der Waals surface area contributed by atoms with E-state index in [4.69, 9.17) is 4.55 Å². The van der Waals surface area contributed by atoms with Crippen LogP contribution < -0.4 is 0 Å². The summed E-state index contributed by atoms with van der Waals surface area (Å²) in [6.07, 6.45) is 0. The maximum atomic E-state index is 10.2. The van der Waals surface area contributed by atoms with Crippen LogP contribution in [-0.4, -0.2) is 13.0 Å². The molecule has 0 amide bonds. The Labute approximate surface area is 52.8 Å². The van der Waals surface area contributed by atoms with Crippen molar-refractivity contribution < 1.29 is 25.8 Å². The normalized spacial score (nSPS) is 13.6. The molecule has 0 spiro atoms. The van der Waals surface area contributed by atoms with Crippen LogP contribution in [0.15, 0.2) is 0 Å². The Hall–Kier alpha value is 0.429. The molecule has 8 heavy (non-hydrogen) atoms. The molecule has 0 bridgehead atoms. The summed E-state index contributed by atoms with van der Waals surface area (Å²) >= 11 is -1.35. The SMILES string of the molecule is C[CH2][Fe]([CH3])[S](=O)(=O)O. The fourth-order valence-electron chi connectivity index (χ4n) is 0.129. The summed E-state index contributed by atoms with van der Waals surface area (Å²) in [6.45, 7) is 1.74. The second-order valence-corrected chi connectivity index (χ2v) is 8.02. The van der Waals surface area contributed by atoms with Crippen LogP contribution in [0.5, 0.6) is 0 Å². The second kappa shape index (κ2) is 2.82. The molecule has 0 saturated carbocycles. The summed E-state index contributed by atoms with van der Waals surface area (Å²) in [7, 11) is -3.67. The molecule has 0 aromatic carbocycles. The van der Waals surface area contributed by atoms with E-state index in [9.17, 15) is 8.42 Å². The van der Waals surface area contributed by atoms with Crippen molar-refractivity contribution in [3.63, 3.8) is 0 Å². The van der Waals surface area contributed by atoms with Gasteiger partial charge in [0, 0.05) is 0 Å². The van der Waals surface area contributed by atoms with Gasteiger partial charge in [0.2, 0.25) is 0 Å². The van der Waals surface area contributed by atoms with Gasteiger partial charge in [0.05, 0.1) is 0 Å².